The number of aryl methyl sites for hydroxylation is 3. The highest BCUT2D eigenvalue weighted by Crippen LogP contribution is 2.34. The average molecular weight is 569 g/mol. The molecule has 0 radical (unpaired) electrons. The molecule has 1 aliphatic heterocycles. The Morgan fingerprint density at radius 2 is 1.70 bits per heavy atom. The molecule has 212 valence electrons. The van der Waals surface area contributed by atoms with Gasteiger partial charge < -0.3 is 15.1 Å². The molecule has 1 unspecified atom stereocenters. The van der Waals surface area contributed by atoms with Crippen molar-refractivity contribution in [1.29, 1.82) is 0 Å². The standard InChI is InChI=1S/C29H34F2N6O2S/c1-17-13-21(18(2)32-23-8-7-20(30)15-25(23)40(6)39)26-22(14-17)29(38)35(5)28(27(26)31)37-11-9-36(10-12-37)24-16-34(4)33-19(24)3/h7-8,13-16,18,32H,9-12H2,1-6H3/t18-,40?/m1/s1. The SMILES string of the molecule is Cc1cc([C@@H](C)Nc2ccc(F)cc2S(C)=O)c2c(F)c(N3CCN(c4cn(C)nc4C)CC3)n(C)c(=O)c2c1. The highest BCUT2D eigenvalue weighted by molar-refractivity contribution is 7.84. The van der Waals surface area contributed by atoms with E-state index in [1.807, 2.05) is 45.0 Å². The predicted octanol–water partition coefficient (Wildman–Crippen LogP) is 4.40. The lowest BCUT2D eigenvalue weighted by Gasteiger charge is -2.37. The average Bonchev–Trinajstić information content (AvgIpc) is 3.25. The number of benzene rings is 2. The third-order valence-electron chi connectivity index (χ3n) is 7.58. The molecule has 2 aromatic carbocycles. The van der Waals surface area contributed by atoms with Crippen LogP contribution < -0.4 is 20.7 Å². The largest absolute Gasteiger partial charge is 0.378 e. The van der Waals surface area contributed by atoms with Crippen LogP contribution in [-0.4, -0.2) is 51.0 Å². The van der Waals surface area contributed by atoms with Crippen molar-refractivity contribution < 1.29 is 13.0 Å². The Labute approximate surface area is 234 Å². The maximum absolute atomic E-state index is 16.6. The Balaban J connectivity index is 1.54. The molecule has 4 aromatic rings. The number of halogens is 2. The second-order valence-electron chi connectivity index (χ2n) is 10.5. The van der Waals surface area contributed by atoms with Crippen molar-refractivity contribution in [1.82, 2.24) is 14.3 Å². The van der Waals surface area contributed by atoms with Gasteiger partial charge in [0.25, 0.3) is 5.56 Å². The molecule has 3 heterocycles. The van der Waals surface area contributed by atoms with Crippen molar-refractivity contribution in [2.75, 3.05) is 47.6 Å². The molecule has 1 saturated heterocycles. The van der Waals surface area contributed by atoms with Gasteiger partial charge in [-0.3, -0.25) is 18.3 Å². The first-order chi connectivity index (χ1) is 19.0. The van der Waals surface area contributed by atoms with Gasteiger partial charge in [0.2, 0.25) is 0 Å². The third-order valence-corrected chi connectivity index (χ3v) is 8.54. The van der Waals surface area contributed by atoms with Crippen LogP contribution in [0, 0.1) is 25.5 Å². The molecule has 5 rings (SSSR count). The van der Waals surface area contributed by atoms with Crippen molar-refractivity contribution in [3.63, 3.8) is 0 Å². The van der Waals surface area contributed by atoms with Gasteiger partial charge in [-0.25, -0.2) is 8.78 Å². The molecule has 0 bridgehead atoms. The summed E-state index contributed by atoms with van der Waals surface area (Å²) in [6.07, 6.45) is 3.47. The zero-order valence-corrected chi connectivity index (χ0v) is 24.4. The van der Waals surface area contributed by atoms with Crippen molar-refractivity contribution in [2.45, 2.75) is 31.7 Å². The number of anilines is 3. The van der Waals surface area contributed by atoms with Gasteiger partial charge in [-0.15, -0.1) is 0 Å². The lowest BCUT2D eigenvalue weighted by Crippen LogP contribution is -2.48. The van der Waals surface area contributed by atoms with E-state index in [1.165, 1.54) is 29.0 Å². The number of aromatic nitrogens is 3. The highest BCUT2D eigenvalue weighted by Gasteiger charge is 2.28. The Morgan fingerprint density at radius 3 is 2.33 bits per heavy atom. The Hall–Kier alpha value is -3.73. The quantitative estimate of drug-likeness (QED) is 0.372. The van der Waals surface area contributed by atoms with Gasteiger partial charge >= 0.3 is 0 Å². The first-order valence-electron chi connectivity index (χ1n) is 13.2. The highest BCUT2D eigenvalue weighted by atomic mass is 32.2. The summed E-state index contributed by atoms with van der Waals surface area (Å²) in [5.74, 6) is -0.679. The number of pyridine rings is 1. The summed E-state index contributed by atoms with van der Waals surface area (Å²) in [4.78, 5) is 18.1. The minimum absolute atomic E-state index is 0.259. The summed E-state index contributed by atoms with van der Waals surface area (Å²) in [6, 6.07) is 7.18. The Bertz CT molecular complexity index is 1690. The van der Waals surface area contributed by atoms with Gasteiger partial charge in [-0.1, -0.05) is 6.07 Å². The number of nitrogens with zero attached hydrogens (tertiary/aromatic N) is 5. The second-order valence-corrected chi connectivity index (χ2v) is 11.8. The fourth-order valence-corrected chi connectivity index (χ4v) is 6.39. The van der Waals surface area contributed by atoms with Crippen LogP contribution in [0.5, 0.6) is 0 Å². The molecular formula is C29H34F2N6O2S. The zero-order chi connectivity index (χ0) is 28.9. The van der Waals surface area contributed by atoms with Crippen LogP contribution in [0.3, 0.4) is 0 Å². The molecule has 8 nitrogen and oxygen atoms in total. The number of hydrogen-bond acceptors (Lipinski definition) is 6. The van der Waals surface area contributed by atoms with Crippen LogP contribution in [0.25, 0.3) is 10.8 Å². The van der Waals surface area contributed by atoms with E-state index in [9.17, 15) is 13.4 Å². The lowest BCUT2D eigenvalue weighted by molar-refractivity contribution is 0.576. The molecule has 40 heavy (non-hydrogen) atoms. The van der Waals surface area contributed by atoms with Crippen LogP contribution in [0.15, 0.2) is 46.2 Å². The summed E-state index contributed by atoms with van der Waals surface area (Å²) < 4.78 is 45.9. The van der Waals surface area contributed by atoms with E-state index in [4.69, 9.17) is 0 Å². The smallest absolute Gasteiger partial charge is 0.259 e. The molecule has 0 amide bonds. The zero-order valence-electron chi connectivity index (χ0n) is 23.6. The monoisotopic (exact) mass is 568 g/mol. The minimum Gasteiger partial charge on any atom is -0.378 e. The van der Waals surface area contributed by atoms with Crippen LogP contribution >= 0.6 is 0 Å². The molecular weight excluding hydrogens is 534 g/mol. The fraction of sp³-hybridized carbons (Fsp3) is 0.379. The van der Waals surface area contributed by atoms with Crippen molar-refractivity contribution in [3.05, 3.63) is 75.3 Å². The summed E-state index contributed by atoms with van der Waals surface area (Å²) in [7, 11) is 2.07. The fourth-order valence-electron chi connectivity index (χ4n) is 5.68. The van der Waals surface area contributed by atoms with Crippen molar-refractivity contribution >= 4 is 38.8 Å². The van der Waals surface area contributed by atoms with Crippen LogP contribution in [-0.2, 0) is 24.9 Å². The van der Waals surface area contributed by atoms with Gasteiger partial charge in [0.05, 0.1) is 38.1 Å². The number of fused-ring (bicyclic) bond motifs is 1. The third kappa shape index (κ3) is 4.98. The predicted molar refractivity (Wildman–Crippen MR) is 157 cm³/mol. The normalized spacial score (nSPS) is 15.5. The first-order valence-corrected chi connectivity index (χ1v) is 14.7. The molecule has 1 fully saturated rings. The van der Waals surface area contributed by atoms with Gasteiger partial charge in [0, 0.05) is 64.2 Å². The molecule has 11 heteroatoms. The second kappa shape index (κ2) is 10.7. The summed E-state index contributed by atoms with van der Waals surface area (Å²) >= 11 is 0. The number of piperazine rings is 1. The molecule has 0 saturated carbocycles. The minimum atomic E-state index is -1.44. The van der Waals surface area contributed by atoms with Crippen LogP contribution in [0.2, 0.25) is 0 Å². The Kier molecular flexibility index (Phi) is 7.43. The number of nitrogens with one attached hydrogen (secondary N) is 1. The molecule has 0 spiro atoms. The van der Waals surface area contributed by atoms with E-state index in [1.54, 1.807) is 17.8 Å². The Morgan fingerprint density at radius 1 is 1.02 bits per heavy atom. The van der Waals surface area contributed by atoms with Gasteiger partial charge in [-0.05, 0) is 56.2 Å². The van der Waals surface area contributed by atoms with E-state index < -0.39 is 28.5 Å². The number of hydrogen-bond donors (Lipinski definition) is 1. The lowest BCUT2D eigenvalue weighted by atomic mass is 9.96. The summed E-state index contributed by atoms with van der Waals surface area (Å²) in [5.41, 5.74) is 3.65. The molecule has 2 atom stereocenters. The molecule has 1 aliphatic rings. The van der Waals surface area contributed by atoms with E-state index in [0.29, 0.717) is 47.7 Å². The van der Waals surface area contributed by atoms with E-state index in [0.717, 1.165) is 16.9 Å². The first kappa shape index (κ1) is 27.8. The van der Waals surface area contributed by atoms with Crippen LogP contribution in [0.4, 0.5) is 26.0 Å². The van der Waals surface area contributed by atoms with Gasteiger partial charge in [0.15, 0.2) is 5.82 Å². The summed E-state index contributed by atoms with van der Waals surface area (Å²) in [5, 5.41) is 8.28. The molecule has 2 aromatic heterocycles. The van der Waals surface area contributed by atoms with E-state index in [-0.39, 0.29) is 16.8 Å². The van der Waals surface area contributed by atoms with Crippen molar-refractivity contribution in [3.8, 4) is 0 Å². The van der Waals surface area contributed by atoms with Gasteiger partial charge in [-0.2, -0.15) is 5.10 Å². The summed E-state index contributed by atoms with van der Waals surface area (Å²) in [6.45, 7) is 8.11. The maximum Gasteiger partial charge on any atom is 0.259 e. The topological polar surface area (TPSA) is 75.4 Å². The molecule has 0 aliphatic carbocycles. The van der Waals surface area contributed by atoms with Gasteiger partial charge in [0.1, 0.15) is 11.6 Å². The van der Waals surface area contributed by atoms with Crippen LogP contribution in [0.1, 0.15) is 29.8 Å². The van der Waals surface area contributed by atoms with Crippen molar-refractivity contribution in [2.24, 2.45) is 14.1 Å². The number of rotatable bonds is 6. The molecule has 1 N–H and O–H groups in total. The van der Waals surface area contributed by atoms with E-state index in [2.05, 4.69) is 15.3 Å². The van der Waals surface area contributed by atoms with E-state index >= 15 is 4.39 Å². The maximum atomic E-state index is 16.6.